The number of aliphatic hydroxyl groups excluding tert-OH is 1. The Morgan fingerprint density at radius 2 is 2.00 bits per heavy atom. The smallest absolute Gasteiger partial charge is 0.261 e. The first kappa shape index (κ1) is 15.6. The Bertz CT molecular complexity index is 746. The highest BCUT2D eigenvalue weighted by molar-refractivity contribution is 7.92. The highest BCUT2D eigenvalue weighted by atomic mass is 35.5. The summed E-state index contributed by atoms with van der Waals surface area (Å²) in [6, 6.07) is 10.7. The van der Waals surface area contributed by atoms with E-state index in [1.165, 1.54) is 31.4 Å². The maximum Gasteiger partial charge on any atom is 0.261 e. The van der Waals surface area contributed by atoms with Crippen molar-refractivity contribution >= 4 is 27.3 Å². The molecule has 7 heteroatoms. The fourth-order valence-corrected chi connectivity index (χ4v) is 3.10. The predicted molar refractivity (Wildman–Crippen MR) is 81.2 cm³/mol. The average molecular weight is 328 g/mol. The van der Waals surface area contributed by atoms with Gasteiger partial charge in [0, 0.05) is 10.6 Å². The van der Waals surface area contributed by atoms with Crippen LogP contribution in [0.15, 0.2) is 47.4 Å². The van der Waals surface area contributed by atoms with Gasteiger partial charge in [-0.2, -0.15) is 0 Å². The van der Waals surface area contributed by atoms with E-state index < -0.39 is 10.0 Å². The predicted octanol–water partition coefficient (Wildman–Crippen LogP) is 2.64. The third-order valence-electron chi connectivity index (χ3n) is 2.81. The van der Waals surface area contributed by atoms with Crippen LogP contribution in [0.3, 0.4) is 0 Å². The number of rotatable bonds is 5. The van der Waals surface area contributed by atoms with Crippen LogP contribution in [0.4, 0.5) is 5.69 Å². The van der Waals surface area contributed by atoms with Crippen LogP contribution in [0.2, 0.25) is 5.02 Å². The molecule has 0 fully saturated rings. The summed E-state index contributed by atoms with van der Waals surface area (Å²) in [6.45, 7) is -0.316. The zero-order valence-corrected chi connectivity index (χ0v) is 12.8. The van der Waals surface area contributed by atoms with Crippen molar-refractivity contribution in [1.29, 1.82) is 0 Å². The minimum Gasteiger partial charge on any atom is -0.496 e. The first-order chi connectivity index (χ1) is 9.96. The van der Waals surface area contributed by atoms with Crippen molar-refractivity contribution in [3.63, 3.8) is 0 Å². The average Bonchev–Trinajstić information content (AvgIpc) is 2.46. The molecule has 2 rings (SSSR count). The lowest BCUT2D eigenvalue weighted by molar-refractivity contribution is 0.273. The summed E-state index contributed by atoms with van der Waals surface area (Å²) in [4.78, 5) is 0.0346. The number of aliphatic hydroxyl groups is 1. The number of anilines is 1. The number of sulfonamides is 1. The van der Waals surface area contributed by atoms with Gasteiger partial charge in [0.2, 0.25) is 0 Å². The van der Waals surface area contributed by atoms with Gasteiger partial charge in [0.1, 0.15) is 5.75 Å². The number of benzene rings is 2. The molecule has 0 unspecified atom stereocenters. The first-order valence-electron chi connectivity index (χ1n) is 6.02. The molecule has 0 aromatic heterocycles. The molecule has 112 valence electrons. The summed E-state index contributed by atoms with van der Waals surface area (Å²) in [5, 5.41) is 9.68. The molecule has 0 aliphatic heterocycles. The van der Waals surface area contributed by atoms with Gasteiger partial charge in [0.25, 0.3) is 10.0 Å². The van der Waals surface area contributed by atoms with E-state index in [4.69, 9.17) is 16.3 Å². The van der Waals surface area contributed by atoms with E-state index in [9.17, 15) is 13.5 Å². The summed E-state index contributed by atoms with van der Waals surface area (Å²) in [6.07, 6.45) is 0. The number of ether oxygens (including phenoxy) is 1. The fraction of sp³-hybridized carbons (Fsp3) is 0.143. The highest BCUT2D eigenvalue weighted by Crippen LogP contribution is 2.24. The van der Waals surface area contributed by atoms with Gasteiger partial charge < -0.3 is 9.84 Å². The van der Waals surface area contributed by atoms with E-state index in [1.54, 1.807) is 18.2 Å². The number of hydrogen-bond donors (Lipinski definition) is 2. The van der Waals surface area contributed by atoms with Crippen molar-refractivity contribution in [2.45, 2.75) is 11.5 Å². The molecule has 21 heavy (non-hydrogen) atoms. The quantitative estimate of drug-likeness (QED) is 0.885. The lowest BCUT2D eigenvalue weighted by atomic mass is 10.2. The van der Waals surface area contributed by atoms with Gasteiger partial charge in [-0.1, -0.05) is 17.7 Å². The molecule has 0 radical (unpaired) electrons. The van der Waals surface area contributed by atoms with E-state index >= 15 is 0 Å². The number of hydrogen-bond acceptors (Lipinski definition) is 4. The van der Waals surface area contributed by atoms with E-state index in [1.807, 2.05) is 0 Å². The molecule has 0 aliphatic rings. The standard InChI is InChI=1S/C14H14ClNO4S/c1-20-14-6-5-13(7-10(14)9-17)21(18,19)16-12-4-2-3-11(15)8-12/h2-8,16-17H,9H2,1H3. The van der Waals surface area contributed by atoms with Crippen molar-refractivity contribution in [2.75, 3.05) is 11.8 Å². The minimum atomic E-state index is -3.76. The van der Waals surface area contributed by atoms with Crippen LogP contribution in [-0.4, -0.2) is 20.6 Å². The molecule has 0 heterocycles. The molecule has 0 spiro atoms. The van der Waals surface area contributed by atoms with Gasteiger partial charge in [-0.05, 0) is 36.4 Å². The molecule has 2 N–H and O–H groups in total. The fourth-order valence-electron chi connectivity index (χ4n) is 1.81. The summed E-state index contributed by atoms with van der Waals surface area (Å²) >= 11 is 5.82. The molecule has 0 amide bonds. The molecule has 0 atom stereocenters. The Hall–Kier alpha value is -1.76. The van der Waals surface area contributed by atoms with Gasteiger partial charge in [0.05, 0.1) is 24.3 Å². The second-order valence-corrected chi connectivity index (χ2v) is 6.37. The molecular weight excluding hydrogens is 314 g/mol. The number of methoxy groups -OCH3 is 1. The van der Waals surface area contributed by atoms with Gasteiger partial charge in [-0.25, -0.2) is 8.42 Å². The first-order valence-corrected chi connectivity index (χ1v) is 7.88. The second-order valence-electron chi connectivity index (χ2n) is 4.25. The van der Waals surface area contributed by atoms with Gasteiger partial charge >= 0.3 is 0 Å². The Labute approximate surface area is 128 Å². The maximum absolute atomic E-state index is 12.3. The Balaban J connectivity index is 2.35. The zero-order valence-electron chi connectivity index (χ0n) is 11.2. The van der Waals surface area contributed by atoms with Gasteiger partial charge in [0.15, 0.2) is 0 Å². The SMILES string of the molecule is COc1ccc(S(=O)(=O)Nc2cccc(Cl)c2)cc1CO. The zero-order chi connectivity index (χ0) is 15.5. The number of nitrogens with one attached hydrogen (secondary N) is 1. The van der Waals surface area contributed by atoms with E-state index in [0.717, 1.165) is 0 Å². The summed E-state index contributed by atoms with van der Waals surface area (Å²) < 4.78 is 32.1. The monoisotopic (exact) mass is 327 g/mol. The Kier molecular flexibility index (Phi) is 4.72. The van der Waals surface area contributed by atoms with Crippen molar-refractivity contribution in [1.82, 2.24) is 0 Å². The Morgan fingerprint density at radius 3 is 2.62 bits per heavy atom. The van der Waals surface area contributed by atoms with E-state index in [2.05, 4.69) is 4.72 Å². The van der Waals surface area contributed by atoms with E-state index in [-0.39, 0.29) is 11.5 Å². The van der Waals surface area contributed by atoms with Crippen LogP contribution >= 0.6 is 11.6 Å². The molecule has 0 saturated carbocycles. The van der Waals surface area contributed by atoms with Crippen molar-refractivity contribution in [3.8, 4) is 5.75 Å². The lowest BCUT2D eigenvalue weighted by Crippen LogP contribution is -2.13. The van der Waals surface area contributed by atoms with Crippen molar-refractivity contribution in [3.05, 3.63) is 53.1 Å². The van der Waals surface area contributed by atoms with E-state index in [0.29, 0.717) is 22.0 Å². The summed E-state index contributed by atoms with van der Waals surface area (Å²) in [7, 11) is -2.31. The van der Waals surface area contributed by atoms with Crippen LogP contribution in [0.25, 0.3) is 0 Å². The molecule has 5 nitrogen and oxygen atoms in total. The third-order valence-corrected chi connectivity index (χ3v) is 4.42. The van der Waals surface area contributed by atoms with Crippen LogP contribution in [0.5, 0.6) is 5.75 Å². The van der Waals surface area contributed by atoms with Crippen LogP contribution in [0.1, 0.15) is 5.56 Å². The highest BCUT2D eigenvalue weighted by Gasteiger charge is 2.16. The largest absolute Gasteiger partial charge is 0.496 e. The lowest BCUT2D eigenvalue weighted by Gasteiger charge is -2.11. The topological polar surface area (TPSA) is 75.6 Å². The van der Waals surface area contributed by atoms with Crippen LogP contribution in [-0.2, 0) is 16.6 Å². The molecule has 2 aromatic rings. The summed E-state index contributed by atoms with van der Waals surface area (Å²) in [5.74, 6) is 0.430. The molecule has 0 bridgehead atoms. The molecule has 2 aromatic carbocycles. The second kappa shape index (κ2) is 6.34. The maximum atomic E-state index is 12.3. The van der Waals surface area contributed by atoms with Crippen LogP contribution in [0, 0.1) is 0 Å². The number of halogens is 1. The summed E-state index contributed by atoms with van der Waals surface area (Å²) in [5.41, 5.74) is 0.760. The minimum absolute atomic E-state index is 0.0346. The van der Waals surface area contributed by atoms with Crippen molar-refractivity contribution in [2.24, 2.45) is 0 Å². The van der Waals surface area contributed by atoms with Crippen LogP contribution < -0.4 is 9.46 Å². The molecule has 0 aliphatic carbocycles. The normalized spacial score (nSPS) is 11.2. The molecular formula is C14H14ClNO4S. The third kappa shape index (κ3) is 3.66. The van der Waals surface area contributed by atoms with Crippen molar-refractivity contribution < 1.29 is 18.3 Å². The molecule has 0 saturated heterocycles. The van der Waals surface area contributed by atoms with Gasteiger partial charge in [-0.3, -0.25) is 4.72 Å². The van der Waals surface area contributed by atoms with Gasteiger partial charge in [-0.15, -0.1) is 0 Å². The Morgan fingerprint density at radius 1 is 1.24 bits per heavy atom.